The highest BCUT2D eigenvalue weighted by molar-refractivity contribution is 6.30. The van der Waals surface area contributed by atoms with Crippen molar-refractivity contribution < 1.29 is 9.63 Å². The van der Waals surface area contributed by atoms with Crippen molar-refractivity contribution in [3.8, 4) is 11.6 Å². The van der Waals surface area contributed by atoms with Gasteiger partial charge in [0.15, 0.2) is 0 Å². The summed E-state index contributed by atoms with van der Waals surface area (Å²) in [5.41, 5.74) is 0.824. The third kappa shape index (κ3) is 3.24. The van der Waals surface area contributed by atoms with E-state index < -0.39 is 0 Å². The summed E-state index contributed by atoms with van der Waals surface area (Å²) in [6.45, 7) is 1.69. The van der Waals surface area contributed by atoms with E-state index in [2.05, 4.69) is 5.10 Å². The zero-order valence-electron chi connectivity index (χ0n) is 10.3. The number of nitrogens with two attached hydrogens (primary N) is 1. The number of carbonyl (C=O) groups is 1. The lowest BCUT2D eigenvalue weighted by molar-refractivity contribution is -0.158. The van der Waals surface area contributed by atoms with Crippen LogP contribution in [0.5, 0.6) is 5.88 Å². The summed E-state index contributed by atoms with van der Waals surface area (Å²) in [6, 6.07) is 8.76. The Morgan fingerprint density at radius 3 is 2.74 bits per heavy atom. The standard InChI is InChI=1S/C12H13ClN4O2/c1-2-12(18)17(14)19-11-7-8-16(15-11)10-5-3-9(13)4-6-10/h3-8H,2,14H2,1H3. The van der Waals surface area contributed by atoms with E-state index in [1.807, 2.05) is 12.1 Å². The lowest BCUT2D eigenvalue weighted by Crippen LogP contribution is -2.39. The predicted octanol–water partition coefficient (Wildman–Crippen LogP) is 1.93. The average Bonchev–Trinajstić information content (AvgIpc) is 2.87. The Morgan fingerprint density at radius 2 is 2.11 bits per heavy atom. The van der Waals surface area contributed by atoms with Gasteiger partial charge in [-0.2, -0.15) is 0 Å². The van der Waals surface area contributed by atoms with Crippen LogP contribution < -0.4 is 10.7 Å². The number of hydrazine groups is 1. The first-order chi connectivity index (χ1) is 9.10. The third-order valence-corrected chi connectivity index (χ3v) is 2.65. The molecule has 19 heavy (non-hydrogen) atoms. The molecule has 2 rings (SSSR count). The van der Waals surface area contributed by atoms with Gasteiger partial charge < -0.3 is 4.84 Å². The Morgan fingerprint density at radius 1 is 1.42 bits per heavy atom. The van der Waals surface area contributed by atoms with E-state index in [1.165, 1.54) is 0 Å². The highest BCUT2D eigenvalue weighted by Gasteiger charge is 2.11. The molecule has 0 aliphatic heterocycles. The van der Waals surface area contributed by atoms with Crippen LogP contribution in [0.4, 0.5) is 0 Å². The van der Waals surface area contributed by atoms with Crippen LogP contribution >= 0.6 is 11.6 Å². The maximum atomic E-state index is 11.3. The molecule has 1 amide bonds. The predicted molar refractivity (Wildman–Crippen MR) is 70.5 cm³/mol. The van der Waals surface area contributed by atoms with Crippen molar-refractivity contribution >= 4 is 17.5 Å². The Kier molecular flexibility index (Phi) is 4.03. The molecule has 0 atom stereocenters. The monoisotopic (exact) mass is 280 g/mol. The summed E-state index contributed by atoms with van der Waals surface area (Å²) in [4.78, 5) is 16.4. The van der Waals surface area contributed by atoms with Crippen LogP contribution in [-0.4, -0.2) is 20.9 Å². The molecule has 0 unspecified atom stereocenters. The molecule has 0 fully saturated rings. The molecule has 1 aromatic carbocycles. The number of amides is 1. The molecule has 0 radical (unpaired) electrons. The molecule has 1 aromatic heterocycles. The van der Waals surface area contributed by atoms with Crippen LogP contribution in [-0.2, 0) is 4.79 Å². The van der Waals surface area contributed by atoms with Gasteiger partial charge in [0, 0.05) is 23.7 Å². The van der Waals surface area contributed by atoms with Gasteiger partial charge in [-0.25, -0.2) is 10.5 Å². The summed E-state index contributed by atoms with van der Waals surface area (Å²) in [5.74, 6) is 5.33. The minimum atomic E-state index is -0.332. The number of halogens is 1. The van der Waals surface area contributed by atoms with E-state index >= 15 is 0 Å². The number of nitrogens with zero attached hydrogens (tertiary/aromatic N) is 3. The fraction of sp³-hybridized carbons (Fsp3) is 0.167. The Bertz CT molecular complexity index is 567. The van der Waals surface area contributed by atoms with Gasteiger partial charge in [0.25, 0.3) is 11.8 Å². The van der Waals surface area contributed by atoms with Crippen molar-refractivity contribution in [2.75, 3.05) is 0 Å². The third-order valence-electron chi connectivity index (χ3n) is 2.40. The molecule has 1 heterocycles. The molecule has 0 spiro atoms. The molecular weight excluding hydrogens is 268 g/mol. The minimum absolute atomic E-state index is 0.235. The number of aromatic nitrogens is 2. The first-order valence-electron chi connectivity index (χ1n) is 5.67. The maximum Gasteiger partial charge on any atom is 0.272 e. The lowest BCUT2D eigenvalue weighted by atomic mass is 10.3. The summed E-state index contributed by atoms with van der Waals surface area (Å²) in [5, 5.41) is 5.47. The fourth-order valence-electron chi connectivity index (χ4n) is 1.40. The van der Waals surface area contributed by atoms with Gasteiger partial charge in [0.2, 0.25) is 0 Å². The number of hydrogen-bond acceptors (Lipinski definition) is 4. The normalized spacial score (nSPS) is 10.3. The van der Waals surface area contributed by atoms with Crippen LogP contribution in [0.15, 0.2) is 36.5 Å². The Balaban J connectivity index is 2.11. The summed E-state index contributed by atoms with van der Waals surface area (Å²) in [7, 11) is 0. The first-order valence-corrected chi connectivity index (χ1v) is 6.05. The van der Waals surface area contributed by atoms with Gasteiger partial charge >= 0.3 is 0 Å². The van der Waals surface area contributed by atoms with Crippen molar-refractivity contribution in [1.82, 2.24) is 15.0 Å². The molecule has 0 bridgehead atoms. The smallest absolute Gasteiger partial charge is 0.272 e. The van der Waals surface area contributed by atoms with E-state index in [4.69, 9.17) is 22.3 Å². The van der Waals surface area contributed by atoms with Crippen molar-refractivity contribution in [2.24, 2.45) is 5.84 Å². The highest BCUT2D eigenvalue weighted by Crippen LogP contribution is 2.15. The van der Waals surface area contributed by atoms with Gasteiger partial charge in [-0.05, 0) is 24.3 Å². The average molecular weight is 281 g/mol. The summed E-state index contributed by atoms with van der Waals surface area (Å²) >= 11 is 5.81. The molecule has 6 nitrogen and oxygen atoms in total. The van der Waals surface area contributed by atoms with Crippen molar-refractivity contribution in [3.63, 3.8) is 0 Å². The molecule has 0 saturated carbocycles. The van der Waals surface area contributed by atoms with Crippen LogP contribution in [0.2, 0.25) is 5.02 Å². The van der Waals surface area contributed by atoms with E-state index in [9.17, 15) is 4.79 Å². The second kappa shape index (κ2) is 5.73. The van der Waals surface area contributed by atoms with Crippen molar-refractivity contribution in [3.05, 3.63) is 41.6 Å². The number of hydroxylamine groups is 1. The zero-order valence-corrected chi connectivity index (χ0v) is 11.0. The molecule has 0 aliphatic rings. The fourth-order valence-corrected chi connectivity index (χ4v) is 1.53. The number of carbonyl (C=O) groups excluding carboxylic acids is 1. The van der Waals surface area contributed by atoms with E-state index in [1.54, 1.807) is 36.0 Å². The first kappa shape index (κ1) is 13.4. The molecule has 0 aliphatic carbocycles. The van der Waals surface area contributed by atoms with Gasteiger partial charge in [0.05, 0.1) is 5.69 Å². The van der Waals surface area contributed by atoms with Crippen LogP contribution in [0.25, 0.3) is 5.69 Å². The SMILES string of the molecule is CCC(=O)N(N)Oc1ccn(-c2ccc(Cl)cc2)n1. The van der Waals surface area contributed by atoms with Gasteiger partial charge in [-0.1, -0.05) is 18.5 Å². The molecule has 100 valence electrons. The Labute approximate surface area is 115 Å². The van der Waals surface area contributed by atoms with Gasteiger partial charge in [-0.15, -0.1) is 10.3 Å². The number of hydrogen-bond donors (Lipinski definition) is 1. The van der Waals surface area contributed by atoms with Crippen molar-refractivity contribution in [2.45, 2.75) is 13.3 Å². The van der Waals surface area contributed by atoms with Crippen LogP contribution in [0, 0.1) is 0 Å². The second-order valence-corrected chi connectivity index (χ2v) is 4.18. The second-order valence-electron chi connectivity index (χ2n) is 3.74. The van der Waals surface area contributed by atoms with E-state index in [0.717, 1.165) is 5.69 Å². The highest BCUT2D eigenvalue weighted by atomic mass is 35.5. The molecule has 2 aromatic rings. The number of rotatable bonds is 4. The van der Waals surface area contributed by atoms with Gasteiger partial charge in [0.1, 0.15) is 0 Å². The van der Waals surface area contributed by atoms with Crippen molar-refractivity contribution in [1.29, 1.82) is 0 Å². The molecule has 7 heteroatoms. The lowest BCUT2D eigenvalue weighted by Gasteiger charge is -2.13. The van der Waals surface area contributed by atoms with E-state index in [0.29, 0.717) is 10.2 Å². The molecule has 0 saturated heterocycles. The topological polar surface area (TPSA) is 73.4 Å². The minimum Gasteiger partial charge on any atom is -0.339 e. The zero-order chi connectivity index (χ0) is 13.8. The Hall–Kier alpha value is -2.05. The van der Waals surface area contributed by atoms with Gasteiger partial charge in [-0.3, -0.25) is 4.79 Å². The van der Waals surface area contributed by atoms with Crippen LogP contribution in [0.3, 0.4) is 0 Å². The summed E-state index contributed by atoms with van der Waals surface area (Å²) in [6.07, 6.45) is 1.96. The van der Waals surface area contributed by atoms with E-state index in [-0.39, 0.29) is 18.2 Å². The molecule has 2 N–H and O–H groups in total. The quantitative estimate of drug-likeness (QED) is 0.528. The largest absolute Gasteiger partial charge is 0.339 e. The van der Waals surface area contributed by atoms with Crippen LogP contribution in [0.1, 0.15) is 13.3 Å². The summed E-state index contributed by atoms with van der Waals surface area (Å²) < 4.78 is 1.59. The number of benzene rings is 1. The molecular formula is C12H13ClN4O2. The maximum absolute atomic E-state index is 11.3.